The molecular weight excluding hydrogens is 470 g/mol. The Labute approximate surface area is 229 Å². The Kier molecular flexibility index (Phi) is 5.88. The zero-order valence-corrected chi connectivity index (χ0v) is 21.5. The molecular formula is C38H27N. The van der Waals surface area contributed by atoms with E-state index in [0.717, 1.165) is 17.1 Å². The van der Waals surface area contributed by atoms with E-state index >= 15 is 0 Å². The summed E-state index contributed by atoms with van der Waals surface area (Å²) < 4.78 is 0. The van der Waals surface area contributed by atoms with Gasteiger partial charge >= 0.3 is 0 Å². The molecule has 0 N–H and O–H groups in total. The summed E-state index contributed by atoms with van der Waals surface area (Å²) >= 11 is 0. The van der Waals surface area contributed by atoms with E-state index in [2.05, 4.69) is 169 Å². The molecule has 184 valence electrons. The van der Waals surface area contributed by atoms with E-state index in [-0.39, 0.29) is 0 Å². The summed E-state index contributed by atoms with van der Waals surface area (Å²) in [5.41, 5.74) is 8.24. The van der Waals surface area contributed by atoms with Crippen molar-refractivity contribution >= 4 is 38.6 Å². The van der Waals surface area contributed by atoms with Gasteiger partial charge in [-0.3, -0.25) is 0 Å². The van der Waals surface area contributed by atoms with E-state index in [1.165, 1.54) is 43.8 Å². The van der Waals surface area contributed by atoms with Crippen molar-refractivity contribution in [2.24, 2.45) is 0 Å². The van der Waals surface area contributed by atoms with Gasteiger partial charge < -0.3 is 4.90 Å². The van der Waals surface area contributed by atoms with E-state index in [1.54, 1.807) is 0 Å². The zero-order valence-electron chi connectivity index (χ0n) is 21.5. The molecule has 0 fully saturated rings. The Morgan fingerprint density at radius 1 is 0.308 bits per heavy atom. The third kappa shape index (κ3) is 4.45. The fraction of sp³-hybridized carbons (Fsp3) is 0. The Morgan fingerprint density at radius 2 is 0.872 bits per heavy atom. The normalized spacial score (nSPS) is 11.1. The topological polar surface area (TPSA) is 3.24 Å². The van der Waals surface area contributed by atoms with E-state index in [1.807, 2.05) is 0 Å². The van der Waals surface area contributed by atoms with Crippen LogP contribution in [0.3, 0.4) is 0 Å². The van der Waals surface area contributed by atoms with Crippen molar-refractivity contribution in [2.75, 3.05) is 4.90 Å². The highest BCUT2D eigenvalue weighted by molar-refractivity contribution is 5.97. The van der Waals surface area contributed by atoms with Crippen LogP contribution in [0.25, 0.3) is 43.8 Å². The number of hydrogen-bond acceptors (Lipinski definition) is 1. The molecule has 39 heavy (non-hydrogen) atoms. The van der Waals surface area contributed by atoms with Gasteiger partial charge in [-0.15, -0.1) is 0 Å². The van der Waals surface area contributed by atoms with E-state index < -0.39 is 0 Å². The minimum absolute atomic E-state index is 1.13. The number of nitrogens with zero attached hydrogens (tertiary/aromatic N) is 1. The van der Waals surface area contributed by atoms with Crippen LogP contribution < -0.4 is 4.90 Å². The lowest BCUT2D eigenvalue weighted by atomic mass is 9.97. The number of hydrogen-bond donors (Lipinski definition) is 0. The molecule has 0 atom stereocenters. The first-order valence-electron chi connectivity index (χ1n) is 13.4. The fourth-order valence-electron chi connectivity index (χ4n) is 5.51. The molecule has 0 heterocycles. The van der Waals surface area contributed by atoms with Crippen LogP contribution in [0, 0.1) is 0 Å². The molecule has 0 aromatic heterocycles. The van der Waals surface area contributed by atoms with Gasteiger partial charge in [0.05, 0.1) is 0 Å². The SMILES string of the molecule is c1ccc(N(c2cccc(-c3ccc4ccccc4c3)c2)c2cccc(-c3cccc4ccccc34)c2)cc1. The molecule has 0 saturated heterocycles. The summed E-state index contributed by atoms with van der Waals surface area (Å²) in [7, 11) is 0. The van der Waals surface area contributed by atoms with E-state index in [4.69, 9.17) is 0 Å². The number of anilines is 3. The van der Waals surface area contributed by atoms with Gasteiger partial charge in [-0.1, -0.05) is 121 Å². The smallest absolute Gasteiger partial charge is 0.0467 e. The number of rotatable bonds is 5. The lowest BCUT2D eigenvalue weighted by Crippen LogP contribution is -2.10. The van der Waals surface area contributed by atoms with Crippen molar-refractivity contribution in [2.45, 2.75) is 0 Å². The van der Waals surface area contributed by atoms with E-state index in [0.29, 0.717) is 0 Å². The first kappa shape index (κ1) is 23.0. The summed E-state index contributed by atoms with van der Waals surface area (Å²) in [6, 6.07) is 58.7. The molecule has 0 radical (unpaired) electrons. The molecule has 0 amide bonds. The largest absolute Gasteiger partial charge is 0.310 e. The zero-order chi connectivity index (χ0) is 26.0. The van der Waals surface area contributed by atoms with Crippen molar-refractivity contribution in [3.8, 4) is 22.3 Å². The maximum absolute atomic E-state index is 2.35. The van der Waals surface area contributed by atoms with Crippen molar-refractivity contribution in [1.82, 2.24) is 0 Å². The molecule has 0 aliphatic heterocycles. The monoisotopic (exact) mass is 497 g/mol. The van der Waals surface area contributed by atoms with Gasteiger partial charge in [0.25, 0.3) is 0 Å². The average Bonchev–Trinajstić information content (AvgIpc) is 3.01. The molecule has 0 unspecified atom stereocenters. The minimum atomic E-state index is 1.13. The minimum Gasteiger partial charge on any atom is -0.310 e. The first-order chi connectivity index (χ1) is 19.3. The summed E-state index contributed by atoms with van der Waals surface area (Å²) in [6.45, 7) is 0. The maximum atomic E-state index is 2.35. The van der Waals surface area contributed by atoms with Gasteiger partial charge in [0.15, 0.2) is 0 Å². The molecule has 1 nitrogen and oxygen atoms in total. The lowest BCUT2D eigenvalue weighted by Gasteiger charge is -2.26. The molecule has 0 bridgehead atoms. The van der Waals surface area contributed by atoms with Gasteiger partial charge in [0.2, 0.25) is 0 Å². The Morgan fingerprint density at radius 3 is 1.69 bits per heavy atom. The van der Waals surface area contributed by atoms with Crippen LogP contribution in [-0.2, 0) is 0 Å². The van der Waals surface area contributed by atoms with Gasteiger partial charge in [0, 0.05) is 17.1 Å². The molecule has 0 spiro atoms. The quantitative estimate of drug-likeness (QED) is 0.229. The summed E-state index contributed by atoms with van der Waals surface area (Å²) in [5, 5.41) is 5.03. The van der Waals surface area contributed by atoms with Crippen molar-refractivity contribution in [3.05, 3.63) is 164 Å². The summed E-state index contributed by atoms with van der Waals surface area (Å²) in [5.74, 6) is 0. The third-order valence-electron chi connectivity index (χ3n) is 7.41. The Bertz CT molecular complexity index is 1910. The third-order valence-corrected chi connectivity index (χ3v) is 7.41. The summed E-state index contributed by atoms with van der Waals surface area (Å²) in [4.78, 5) is 2.35. The van der Waals surface area contributed by atoms with Gasteiger partial charge in [0.1, 0.15) is 0 Å². The molecule has 0 saturated carbocycles. The molecule has 7 rings (SSSR count). The Balaban J connectivity index is 1.36. The second-order valence-electron chi connectivity index (χ2n) is 9.86. The summed E-state index contributed by atoms with van der Waals surface area (Å²) in [6.07, 6.45) is 0. The standard InChI is InChI=1S/C38H27N/c1-2-17-34(18-3-1)39(35-19-8-15-31(26-35)32-24-23-28-11-4-5-13-30(28)25-32)36-20-9-16-33(27-36)38-22-10-14-29-12-6-7-21-37(29)38/h1-27H. The highest BCUT2D eigenvalue weighted by atomic mass is 15.1. The van der Waals surface area contributed by atoms with Crippen LogP contribution in [0.15, 0.2) is 164 Å². The second kappa shape index (κ2) is 9.96. The van der Waals surface area contributed by atoms with Crippen molar-refractivity contribution in [1.29, 1.82) is 0 Å². The molecule has 0 aliphatic carbocycles. The van der Waals surface area contributed by atoms with Crippen molar-refractivity contribution < 1.29 is 0 Å². The fourth-order valence-corrected chi connectivity index (χ4v) is 5.51. The number of fused-ring (bicyclic) bond motifs is 2. The highest BCUT2D eigenvalue weighted by Gasteiger charge is 2.15. The van der Waals surface area contributed by atoms with Crippen LogP contribution in [0.2, 0.25) is 0 Å². The first-order valence-corrected chi connectivity index (χ1v) is 13.4. The highest BCUT2D eigenvalue weighted by Crippen LogP contribution is 2.39. The lowest BCUT2D eigenvalue weighted by molar-refractivity contribution is 1.28. The van der Waals surface area contributed by atoms with E-state index in [9.17, 15) is 0 Å². The molecule has 7 aromatic rings. The van der Waals surface area contributed by atoms with Crippen LogP contribution in [0.4, 0.5) is 17.1 Å². The Hall–Kier alpha value is -5.14. The van der Waals surface area contributed by atoms with Crippen molar-refractivity contribution in [3.63, 3.8) is 0 Å². The average molecular weight is 498 g/mol. The second-order valence-corrected chi connectivity index (χ2v) is 9.86. The van der Waals surface area contributed by atoms with Gasteiger partial charge in [-0.2, -0.15) is 0 Å². The van der Waals surface area contributed by atoms with Crippen LogP contribution in [0.1, 0.15) is 0 Å². The maximum Gasteiger partial charge on any atom is 0.0467 e. The number of benzene rings is 7. The predicted octanol–water partition coefficient (Wildman–Crippen LogP) is 10.8. The van der Waals surface area contributed by atoms with Gasteiger partial charge in [-0.05, 0) is 86.3 Å². The van der Waals surface area contributed by atoms with Gasteiger partial charge in [-0.25, -0.2) is 0 Å². The van der Waals surface area contributed by atoms with Crippen LogP contribution in [-0.4, -0.2) is 0 Å². The predicted molar refractivity (Wildman–Crippen MR) is 167 cm³/mol. The molecule has 1 heteroatoms. The molecule has 7 aromatic carbocycles. The molecule has 0 aliphatic rings. The van der Waals surface area contributed by atoms with Crippen LogP contribution in [0.5, 0.6) is 0 Å². The number of para-hydroxylation sites is 1. The van der Waals surface area contributed by atoms with Crippen LogP contribution >= 0.6 is 0 Å².